The van der Waals surface area contributed by atoms with Crippen molar-refractivity contribution in [3.05, 3.63) is 11.6 Å². The normalized spacial score (nSPS) is 12.2. The minimum atomic E-state index is -0.329. The Labute approximate surface area is 64.8 Å². The first-order valence-electron chi connectivity index (χ1n) is 3.02. The number of aliphatic hydroxyl groups excluding tert-OH is 1. The van der Waals surface area contributed by atoms with Gasteiger partial charge in [0, 0.05) is 14.0 Å². The molecule has 0 bridgehead atoms. The van der Waals surface area contributed by atoms with Crippen LogP contribution in [0.1, 0.15) is 6.92 Å². The van der Waals surface area contributed by atoms with Crippen molar-refractivity contribution in [3.63, 3.8) is 0 Å². The topological polar surface area (TPSA) is 84.6 Å². The minimum absolute atomic E-state index is 0.00782. The molecule has 0 rings (SSSR count). The average Bonchev–Trinajstić information content (AvgIpc) is 1.86. The molecule has 0 saturated heterocycles. The predicted octanol–water partition coefficient (Wildman–Crippen LogP) is -0.545. The Balaban J connectivity index is 4.04. The van der Waals surface area contributed by atoms with Gasteiger partial charge in [0.2, 0.25) is 5.91 Å². The summed E-state index contributed by atoms with van der Waals surface area (Å²) in [6.07, 6.45) is 0. The van der Waals surface area contributed by atoms with Gasteiger partial charge in [-0.05, 0) is 0 Å². The largest absolute Gasteiger partial charge is 0.506 e. The molecule has 4 N–H and O–H groups in total. The summed E-state index contributed by atoms with van der Waals surface area (Å²) in [6.45, 7) is 1.29. The highest BCUT2D eigenvalue weighted by Gasteiger charge is 2.01. The molecule has 0 aromatic heterocycles. The first-order chi connectivity index (χ1) is 5.07. The summed E-state index contributed by atoms with van der Waals surface area (Å²) in [5.74, 6) is -0.577. The van der Waals surface area contributed by atoms with Crippen molar-refractivity contribution in [3.8, 4) is 0 Å². The lowest BCUT2D eigenvalue weighted by molar-refractivity contribution is -0.118. The Morgan fingerprint density at radius 2 is 2.27 bits per heavy atom. The Morgan fingerprint density at radius 3 is 2.64 bits per heavy atom. The molecule has 0 radical (unpaired) electrons. The van der Waals surface area contributed by atoms with Gasteiger partial charge in [0.05, 0.1) is 0 Å². The predicted molar refractivity (Wildman–Crippen MR) is 39.5 cm³/mol. The fraction of sp³-hybridized carbons (Fsp3) is 0.500. The second kappa shape index (κ2) is 4.56. The summed E-state index contributed by atoms with van der Waals surface area (Å²) in [4.78, 5) is 10.4. The highest BCUT2D eigenvalue weighted by Crippen LogP contribution is 1.90. The smallest absolute Gasteiger partial charge is 0.222 e. The number of hydrogen-bond acceptors (Lipinski definition) is 4. The summed E-state index contributed by atoms with van der Waals surface area (Å²) < 4.78 is 4.57. The third kappa shape index (κ3) is 4.21. The molecule has 0 aliphatic heterocycles. The van der Waals surface area contributed by atoms with Gasteiger partial charge in [0.25, 0.3) is 0 Å². The number of rotatable bonds is 3. The third-order valence-corrected chi connectivity index (χ3v) is 0.903. The number of nitrogens with one attached hydrogen (secondary N) is 1. The summed E-state index contributed by atoms with van der Waals surface area (Å²) in [7, 11) is 1.41. The van der Waals surface area contributed by atoms with Gasteiger partial charge in [-0.1, -0.05) is 0 Å². The molecule has 5 heteroatoms. The number of methoxy groups -OCH3 is 1. The van der Waals surface area contributed by atoms with Crippen molar-refractivity contribution in [2.75, 3.05) is 13.7 Å². The van der Waals surface area contributed by atoms with E-state index >= 15 is 0 Å². The first kappa shape index (κ1) is 9.77. The molecule has 0 heterocycles. The van der Waals surface area contributed by atoms with Crippen LogP contribution < -0.4 is 11.1 Å². The van der Waals surface area contributed by atoms with E-state index in [9.17, 15) is 4.79 Å². The molecule has 11 heavy (non-hydrogen) atoms. The van der Waals surface area contributed by atoms with Gasteiger partial charge in [0.1, 0.15) is 12.4 Å². The molecule has 64 valence electrons. The van der Waals surface area contributed by atoms with Crippen LogP contribution in [0.2, 0.25) is 0 Å². The molecule has 0 fully saturated rings. The van der Waals surface area contributed by atoms with Crippen LogP contribution >= 0.6 is 0 Å². The second-order valence-electron chi connectivity index (χ2n) is 1.97. The first-order valence-corrected chi connectivity index (χ1v) is 3.02. The molecule has 0 aliphatic rings. The molecule has 0 saturated carbocycles. The van der Waals surface area contributed by atoms with Crippen molar-refractivity contribution in [1.82, 2.24) is 5.32 Å². The van der Waals surface area contributed by atoms with Gasteiger partial charge in [-0.2, -0.15) is 0 Å². The Kier molecular flexibility index (Phi) is 4.05. The summed E-state index contributed by atoms with van der Waals surface area (Å²) in [6, 6.07) is 0. The van der Waals surface area contributed by atoms with Crippen LogP contribution in [0.25, 0.3) is 0 Å². The standard InChI is InChI=1S/C6H12N2O3/c1-4(9)8-6(7)5(10)3-11-2/h10H,3,7H2,1-2H3,(H,8,9)/b6-5-. The van der Waals surface area contributed by atoms with Crippen LogP contribution in [0.5, 0.6) is 0 Å². The maximum Gasteiger partial charge on any atom is 0.222 e. The van der Waals surface area contributed by atoms with Crippen LogP contribution in [0.3, 0.4) is 0 Å². The van der Waals surface area contributed by atoms with Crippen molar-refractivity contribution >= 4 is 5.91 Å². The summed E-state index contributed by atoms with van der Waals surface area (Å²) in [5, 5.41) is 11.2. The van der Waals surface area contributed by atoms with E-state index in [2.05, 4.69) is 10.1 Å². The monoisotopic (exact) mass is 160 g/mol. The van der Waals surface area contributed by atoms with E-state index < -0.39 is 0 Å². The molecule has 0 unspecified atom stereocenters. The lowest BCUT2D eigenvalue weighted by Crippen LogP contribution is -2.27. The quantitative estimate of drug-likeness (QED) is 0.484. The van der Waals surface area contributed by atoms with E-state index in [1.54, 1.807) is 0 Å². The van der Waals surface area contributed by atoms with Crippen LogP contribution in [0, 0.1) is 0 Å². The fourth-order valence-electron chi connectivity index (χ4n) is 0.476. The van der Waals surface area contributed by atoms with E-state index in [0.717, 1.165) is 0 Å². The Hall–Kier alpha value is -1.23. The molecular weight excluding hydrogens is 148 g/mol. The van der Waals surface area contributed by atoms with E-state index in [4.69, 9.17) is 10.8 Å². The fourth-order valence-corrected chi connectivity index (χ4v) is 0.476. The number of aliphatic hydroxyl groups is 1. The van der Waals surface area contributed by atoms with E-state index in [-0.39, 0.29) is 24.1 Å². The number of carbonyl (C=O) groups excluding carboxylic acids is 1. The molecule has 0 aliphatic carbocycles. The molecule has 5 nitrogen and oxygen atoms in total. The molecule has 0 aromatic rings. The van der Waals surface area contributed by atoms with Crippen LogP contribution in [0.15, 0.2) is 11.6 Å². The maximum atomic E-state index is 10.4. The van der Waals surface area contributed by atoms with E-state index in [1.165, 1.54) is 14.0 Å². The zero-order valence-corrected chi connectivity index (χ0v) is 6.55. The van der Waals surface area contributed by atoms with Crippen molar-refractivity contribution in [2.45, 2.75) is 6.92 Å². The number of nitrogens with two attached hydrogens (primary N) is 1. The summed E-state index contributed by atoms with van der Waals surface area (Å²) >= 11 is 0. The van der Waals surface area contributed by atoms with E-state index in [0.29, 0.717) is 0 Å². The summed E-state index contributed by atoms with van der Waals surface area (Å²) in [5.41, 5.74) is 5.22. The lowest BCUT2D eigenvalue weighted by Gasteiger charge is -2.04. The lowest BCUT2D eigenvalue weighted by atomic mass is 10.5. The number of carbonyl (C=O) groups is 1. The molecule has 0 spiro atoms. The zero-order chi connectivity index (χ0) is 8.85. The molecular formula is C6H12N2O3. The zero-order valence-electron chi connectivity index (χ0n) is 6.55. The van der Waals surface area contributed by atoms with Crippen molar-refractivity contribution in [1.29, 1.82) is 0 Å². The number of amides is 1. The molecule has 1 amide bonds. The van der Waals surface area contributed by atoms with Gasteiger partial charge in [-0.25, -0.2) is 0 Å². The van der Waals surface area contributed by atoms with Crippen molar-refractivity contribution in [2.24, 2.45) is 5.73 Å². The minimum Gasteiger partial charge on any atom is -0.506 e. The average molecular weight is 160 g/mol. The van der Waals surface area contributed by atoms with Crippen LogP contribution in [0.4, 0.5) is 0 Å². The Morgan fingerprint density at radius 1 is 1.73 bits per heavy atom. The van der Waals surface area contributed by atoms with Crippen LogP contribution in [-0.2, 0) is 9.53 Å². The molecule has 0 aromatic carbocycles. The van der Waals surface area contributed by atoms with E-state index in [1.807, 2.05) is 0 Å². The molecule has 0 atom stereocenters. The van der Waals surface area contributed by atoms with Gasteiger partial charge < -0.3 is 20.9 Å². The SMILES string of the molecule is COC/C(O)=C(\N)NC(C)=O. The van der Waals surface area contributed by atoms with Crippen molar-refractivity contribution < 1.29 is 14.6 Å². The van der Waals surface area contributed by atoms with Gasteiger partial charge in [-0.3, -0.25) is 4.79 Å². The van der Waals surface area contributed by atoms with Gasteiger partial charge in [-0.15, -0.1) is 0 Å². The Bertz CT molecular complexity index is 177. The highest BCUT2D eigenvalue weighted by atomic mass is 16.5. The second-order valence-corrected chi connectivity index (χ2v) is 1.97. The van der Waals surface area contributed by atoms with Crippen LogP contribution in [-0.4, -0.2) is 24.7 Å². The van der Waals surface area contributed by atoms with Gasteiger partial charge >= 0.3 is 0 Å². The number of hydrogen-bond donors (Lipinski definition) is 3. The van der Waals surface area contributed by atoms with Gasteiger partial charge in [0.15, 0.2) is 5.76 Å². The third-order valence-electron chi connectivity index (χ3n) is 0.903. The number of ether oxygens (including phenoxy) is 1. The maximum absolute atomic E-state index is 10.4. The highest BCUT2D eigenvalue weighted by molar-refractivity contribution is 5.74.